The highest BCUT2D eigenvalue weighted by Gasteiger charge is 2.08. The van der Waals surface area contributed by atoms with Crippen molar-refractivity contribution in [3.63, 3.8) is 0 Å². The maximum atomic E-state index is 4.52. The number of nitrogens with one attached hydrogen (secondary N) is 1. The first-order valence-corrected chi connectivity index (χ1v) is 5.18. The molecule has 0 aromatic carbocycles. The van der Waals surface area contributed by atoms with E-state index in [4.69, 9.17) is 0 Å². The number of hydrogen-bond donors (Lipinski definition) is 1. The highest BCUT2D eigenvalue weighted by molar-refractivity contribution is 5.74. The number of pyridine rings is 1. The normalized spacial score (nSPS) is 11.1. The minimum atomic E-state index is 0.830. The Labute approximate surface area is 93.0 Å². The fourth-order valence-electron chi connectivity index (χ4n) is 1.93. The second-order valence-electron chi connectivity index (χ2n) is 3.97. The maximum absolute atomic E-state index is 4.52. The molecule has 0 aliphatic rings. The van der Waals surface area contributed by atoms with E-state index in [2.05, 4.69) is 38.7 Å². The van der Waals surface area contributed by atoms with Crippen molar-refractivity contribution in [1.82, 2.24) is 19.5 Å². The van der Waals surface area contributed by atoms with Crippen molar-refractivity contribution in [1.29, 1.82) is 0 Å². The van der Waals surface area contributed by atoms with Gasteiger partial charge in [-0.2, -0.15) is 0 Å². The third kappa shape index (κ3) is 1.31. The second kappa shape index (κ2) is 3.20. The third-order valence-electron chi connectivity index (χ3n) is 2.64. The number of fused-ring (bicyclic) bond motifs is 1. The van der Waals surface area contributed by atoms with Crippen molar-refractivity contribution in [2.45, 2.75) is 6.92 Å². The van der Waals surface area contributed by atoms with Gasteiger partial charge in [-0.3, -0.25) is 0 Å². The van der Waals surface area contributed by atoms with Gasteiger partial charge < -0.3 is 9.55 Å². The summed E-state index contributed by atoms with van der Waals surface area (Å²) in [5, 5.41) is 0. The summed E-state index contributed by atoms with van der Waals surface area (Å²) in [7, 11) is 2.02. The molecule has 16 heavy (non-hydrogen) atoms. The molecule has 0 atom stereocenters. The summed E-state index contributed by atoms with van der Waals surface area (Å²) in [6, 6.07) is 5.96. The number of H-pyrrole nitrogens is 1. The number of nitrogens with zero attached hydrogens (tertiary/aromatic N) is 3. The Balaban J connectivity index is 2.22. The van der Waals surface area contributed by atoms with Gasteiger partial charge in [-0.15, -0.1) is 0 Å². The number of aromatic amines is 1. The van der Waals surface area contributed by atoms with E-state index in [1.165, 1.54) is 5.56 Å². The number of rotatable bonds is 1. The lowest BCUT2D eigenvalue weighted by atomic mass is 10.3. The van der Waals surface area contributed by atoms with Gasteiger partial charge in [0.15, 0.2) is 11.5 Å². The molecule has 3 rings (SSSR count). The van der Waals surface area contributed by atoms with Crippen LogP contribution in [0.2, 0.25) is 0 Å². The van der Waals surface area contributed by atoms with Gasteiger partial charge in [0, 0.05) is 19.4 Å². The molecule has 3 aromatic rings. The maximum Gasteiger partial charge on any atom is 0.157 e. The monoisotopic (exact) mass is 212 g/mol. The van der Waals surface area contributed by atoms with Crippen LogP contribution in [-0.4, -0.2) is 19.5 Å². The van der Waals surface area contributed by atoms with Gasteiger partial charge in [-0.25, -0.2) is 9.97 Å². The summed E-state index contributed by atoms with van der Waals surface area (Å²) in [6.07, 6.45) is 3.84. The van der Waals surface area contributed by atoms with E-state index in [9.17, 15) is 0 Å². The predicted molar refractivity (Wildman–Crippen MR) is 63.0 cm³/mol. The quantitative estimate of drug-likeness (QED) is 0.672. The second-order valence-corrected chi connectivity index (χ2v) is 3.97. The lowest BCUT2D eigenvalue weighted by Gasteiger charge is -1.96. The average molecular weight is 212 g/mol. The molecule has 0 saturated heterocycles. The van der Waals surface area contributed by atoms with E-state index in [1.807, 2.05) is 19.2 Å². The standard InChI is InChI=1S/C12H12N4/c1-8-6-10(16(2)7-8)12-14-9-4-3-5-13-11(9)15-12/h3-7H,1-2H3,(H,13,14,15). The number of aryl methyl sites for hydroxylation is 2. The Morgan fingerprint density at radius 2 is 2.25 bits per heavy atom. The Bertz CT molecular complexity index is 615. The van der Waals surface area contributed by atoms with Gasteiger partial charge in [-0.05, 0) is 30.7 Å². The van der Waals surface area contributed by atoms with Crippen LogP contribution in [0.5, 0.6) is 0 Å². The SMILES string of the molecule is Cc1cc(-c2nc3cccnc3[nH]2)n(C)c1. The lowest BCUT2D eigenvalue weighted by Crippen LogP contribution is -1.90. The minimum absolute atomic E-state index is 0.830. The molecular formula is C12H12N4. The Morgan fingerprint density at radius 3 is 2.94 bits per heavy atom. The molecule has 1 N–H and O–H groups in total. The fraction of sp³-hybridized carbons (Fsp3) is 0.167. The van der Waals surface area contributed by atoms with Crippen LogP contribution in [0, 0.1) is 6.92 Å². The number of imidazole rings is 1. The van der Waals surface area contributed by atoms with E-state index in [0.29, 0.717) is 0 Å². The van der Waals surface area contributed by atoms with Gasteiger partial charge >= 0.3 is 0 Å². The zero-order valence-corrected chi connectivity index (χ0v) is 9.23. The first kappa shape index (κ1) is 9.15. The van der Waals surface area contributed by atoms with Crippen LogP contribution in [0.15, 0.2) is 30.6 Å². The van der Waals surface area contributed by atoms with E-state index < -0.39 is 0 Å². The summed E-state index contributed by atoms with van der Waals surface area (Å²) in [5.41, 5.74) is 4.04. The Kier molecular flexibility index (Phi) is 1.83. The minimum Gasteiger partial charge on any atom is -0.348 e. The molecule has 0 fully saturated rings. The van der Waals surface area contributed by atoms with Crippen LogP contribution in [0.4, 0.5) is 0 Å². The van der Waals surface area contributed by atoms with Gasteiger partial charge in [0.2, 0.25) is 0 Å². The molecule has 0 saturated carbocycles. The van der Waals surface area contributed by atoms with Crippen molar-refractivity contribution >= 4 is 11.2 Å². The van der Waals surface area contributed by atoms with Gasteiger partial charge in [0.05, 0.1) is 5.69 Å². The topological polar surface area (TPSA) is 46.5 Å². The average Bonchev–Trinajstić information content (AvgIpc) is 2.81. The smallest absolute Gasteiger partial charge is 0.157 e. The molecule has 0 bridgehead atoms. The van der Waals surface area contributed by atoms with Gasteiger partial charge in [0.1, 0.15) is 5.52 Å². The lowest BCUT2D eigenvalue weighted by molar-refractivity contribution is 0.924. The fourth-order valence-corrected chi connectivity index (χ4v) is 1.93. The van der Waals surface area contributed by atoms with E-state index in [1.54, 1.807) is 6.20 Å². The molecule has 0 radical (unpaired) electrons. The highest BCUT2D eigenvalue weighted by Crippen LogP contribution is 2.20. The van der Waals surface area contributed by atoms with Crippen molar-refractivity contribution in [3.8, 4) is 11.5 Å². The third-order valence-corrected chi connectivity index (χ3v) is 2.64. The Hall–Kier alpha value is -2.10. The molecule has 0 aliphatic carbocycles. The number of hydrogen-bond acceptors (Lipinski definition) is 2. The van der Waals surface area contributed by atoms with E-state index in [0.717, 1.165) is 22.7 Å². The highest BCUT2D eigenvalue weighted by atomic mass is 15.0. The zero-order valence-electron chi connectivity index (χ0n) is 9.23. The largest absolute Gasteiger partial charge is 0.348 e. The van der Waals surface area contributed by atoms with E-state index >= 15 is 0 Å². The summed E-state index contributed by atoms with van der Waals surface area (Å²) in [5.74, 6) is 0.865. The molecule has 0 spiro atoms. The number of aromatic nitrogens is 4. The first-order valence-electron chi connectivity index (χ1n) is 5.18. The molecule has 3 aromatic heterocycles. The molecule has 0 amide bonds. The van der Waals surface area contributed by atoms with Gasteiger partial charge in [-0.1, -0.05) is 0 Å². The Morgan fingerprint density at radius 1 is 1.38 bits per heavy atom. The summed E-state index contributed by atoms with van der Waals surface area (Å²) in [4.78, 5) is 12.0. The summed E-state index contributed by atoms with van der Waals surface area (Å²) >= 11 is 0. The van der Waals surface area contributed by atoms with Crippen LogP contribution in [-0.2, 0) is 7.05 Å². The van der Waals surface area contributed by atoms with Crippen LogP contribution >= 0.6 is 0 Å². The summed E-state index contributed by atoms with van der Waals surface area (Å²) in [6.45, 7) is 2.07. The van der Waals surface area contributed by atoms with Crippen molar-refractivity contribution in [2.75, 3.05) is 0 Å². The molecule has 3 heterocycles. The molecule has 4 heteroatoms. The molecule has 4 nitrogen and oxygen atoms in total. The van der Waals surface area contributed by atoms with Crippen LogP contribution in [0.3, 0.4) is 0 Å². The van der Waals surface area contributed by atoms with Crippen LogP contribution in [0.25, 0.3) is 22.7 Å². The van der Waals surface area contributed by atoms with E-state index in [-0.39, 0.29) is 0 Å². The zero-order chi connectivity index (χ0) is 11.1. The molecule has 0 unspecified atom stereocenters. The molecular weight excluding hydrogens is 200 g/mol. The van der Waals surface area contributed by atoms with Crippen LogP contribution in [0.1, 0.15) is 5.56 Å². The molecule has 0 aliphatic heterocycles. The van der Waals surface area contributed by atoms with Crippen molar-refractivity contribution in [3.05, 3.63) is 36.2 Å². The van der Waals surface area contributed by atoms with Crippen molar-refractivity contribution < 1.29 is 0 Å². The predicted octanol–water partition coefficient (Wildman–Crippen LogP) is 2.27. The first-order chi connectivity index (χ1) is 7.74. The van der Waals surface area contributed by atoms with Crippen molar-refractivity contribution in [2.24, 2.45) is 7.05 Å². The summed E-state index contributed by atoms with van der Waals surface area (Å²) < 4.78 is 2.06. The van der Waals surface area contributed by atoms with Gasteiger partial charge in [0.25, 0.3) is 0 Å². The van der Waals surface area contributed by atoms with Crippen LogP contribution < -0.4 is 0 Å². The molecule has 80 valence electrons.